The van der Waals surface area contributed by atoms with Gasteiger partial charge in [0, 0.05) is 12.1 Å². The van der Waals surface area contributed by atoms with Crippen LogP contribution < -0.4 is 10.1 Å². The zero-order chi connectivity index (χ0) is 16.8. The minimum absolute atomic E-state index is 0.0822. The van der Waals surface area contributed by atoms with E-state index in [4.69, 9.17) is 13.7 Å². The van der Waals surface area contributed by atoms with E-state index in [1.165, 1.54) is 6.26 Å². The van der Waals surface area contributed by atoms with Gasteiger partial charge in [0.15, 0.2) is 12.4 Å². The lowest BCUT2D eigenvalue weighted by Gasteiger charge is -2.06. The van der Waals surface area contributed by atoms with Crippen molar-refractivity contribution < 1.29 is 18.5 Å². The molecule has 2 heterocycles. The van der Waals surface area contributed by atoms with Crippen LogP contribution in [0.2, 0.25) is 0 Å². The Balaban J connectivity index is 1.69. The van der Waals surface area contributed by atoms with E-state index in [0.717, 1.165) is 0 Å². The van der Waals surface area contributed by atoms with Crippen molar-refractivity contribution >= 4 is 5.91 Å². The highest BCUT2D eigenvalue weighted by Gasteiger charge is 2.13. The maximum atomic E-state index is 11.5. The number of nitrogens with zero attached hydrogens (tertiary/aromatic N) is 2. The van der Waals surface area contributed by atoms with Crippen molar-refractivity contribution in [3.8, 4) is 28.8 Å². The fraction of sp³-hybridized carbons (Fsp3) is 0.118. The molecule has 0 saturated carbocycles. The zero-order valence-corrected chi connectivity index (χ0v) is 12.8. The molecule has 0 saturated heterocycles. The molecule has 0 unspecified atom stereocenters. The number of rotatable bonds is 7. The van der Waals surface area contributed by atoms with Gasteiger partial charge in [0.1, 0.15) is 5.75 Å². The number of furan rings is 1. The summed E-state index contributed by atoms with van der Waals surface area (Å²) in [5.74, 6) is 1.51. The molecule has 0 aliphatic carbocycles. The number of ether oxygens (including phenoxy) is 1. The molecule has 3 rings (SSSR count). The van der Waals surface area contributed by atoms with E-state index in [9.17, 15) is 4.79 Å². The lowest BCUT2D eigenvalue weighted by atomic mass is 10.2. The summed E-state index contributed by atoms with van der Waals surface area (Å²) in [6.07, 6.45) is 3.14. The first-order valence-corrected chi connectivity index (χ1v) is 7.24. The van der Waals surface area contributed by atoms with E-state index in [2.05, 4.69) is 22.0 Å². The topological polar surface area (TPSA) is 90.4 Å². The third kappa shape index (κ3) is 3.70. The van der Waals surface area contributed by atoms with E-state index >= 15 is 0 Å². The van der Waals surface area contributed by atoms with Crippen LogP contribution in [0.1, 0.15) is 0 Å². The summed E-state index contributed by atoms with van der Waals surface area (Å²) in [4.78, 5) is 15.8. The lowest BCUT2D eigenvalue weighted by Crippen LogP contribution is -2.28. The predicted octanol–water partition coefficient (Wildman–Crippen LogP) is 2.68. The summed E-state index contributed by atoms with van der Waals surface area (Å²) in [5.41, 5.74) is 0.709. The summed E-state index contributed by atoms with van der Waals surface area (Å²) < 4.78 is 15.8. The minimum atomic E-state index is -0.222. The third-order valence-corrected chi connectivity index (χ3v) is 3.06. The summed E-state index contributed by atoms with van der Waals surface area (Å²) in [6, 6.07) is 10.6. The number of amides is 1. The number of carbonyl (C=O) groups excluding carboxylic acids is 1. The average Bonchev–Trinajstić information content (AvgIpc) is 3.29. The molecule has 1 amide bonds. The van der Waals surface area contributed by atoms with Crippen LogP contribution >= 0.6 is 0 Å². The van der Waals surface area contributed by atoms with Crippen LogP contribution in [0.4, 0.5) is 0 Å². The van der Waals surface area contributed by atoms with E-state index in [1.807, 2.05) is 6.07 Å². The van der Waals surface area contributed by atoms with Gasteiger partial charge < -0.3 is 19.0 Å². The molecule has 7 heteroatoms. The Hall–Kier alpha value is -3.35. The molecular weight excluding hydrogens is 310 g/mol. The Morgan fingerprint density at radius 2 is 2.25 bits per heavy atom. The average molecular weight is 325 g/mol. The zero-order valence-electron chi connectivity index (χ0n) is 12.8. The Kier molecular flexibility index (Phi) is 4.71. The van der Waals surface area contributed by atoms with Crippen molar-refractivity contribution in [2.45, 2.75) is 0 Å². The standard InChI is InChI=1S/C17H15N3O4/c1-2-8-18-15(21)11-23-13-6-3-5-12(10-13)16-19-17(24-20-16)14-7-4-9-22-14/h2-7,9-10H,1,8,11H2,(H,18,21). The summed E-state index contributed by atoms with van der Waals surface area (Å²) in [7, 11) is 0. The monoisotopic (exact) mass is 325 g/mol. The van der Waals surface area contributed by atoms with Gasteiger partial charge in [-0.25, -0.2) is 0 Å². The predicted molar refractivity (Wildman–Crippen MR) is 86.1 cm³/mol. The summed E-state index contributed by atoms with van der Waals surface area (Å²) in [5, 5.41) is 6.56. The van der Waals surface area contributed by atoms with Crippen molar-refractivity contribution in [3.63, 3.8) is 0 Å². The summed E-state index contributed by atoms with van der Waals surface area (Å²) >= 11 is 0. The van der Waals surface area contributed by atoms with Crippen LogP contribution in [0.15, 0.2) is 64.3 Å². The van der Waals surface area contributed by atoms with Gasteiger partial charge in [-0.2, -0.15) is 4.98 Å². The molecule has 24 heavy (non-hydrogen) atoms. The van der Waals surface area contributed by atoms with Crippen LogP contribution in [0.3, 0.4) is 0 Å². The van der Waals surface area contributed by atoms with E-state index in [-0.39, 0.29) is 12.5 Å². The number of aromatic nitrogens is 2. The molecule has 0 spiro atoms. The Labute approximate surface area is 137 Å². The fourth-order valence-electron chi connectivity index (χ4n) is 1.95. The molecule has 0 atom stereocenters. The molecule has 0 fully saturated rings. The van der Waals surface area contributed by atoms with E-state index in [0.29, 0.717) is 35.3 Å². The highest BCUT2D eigenvalue weighted by molar-refractivity contribution is 5.77. The Morgan fingerprint density at radius 1 is 1.33 bits per heavy atom. The normalized spacial score (nSPS) is 10.3. The van der Waals surface area contributed by atoms with Crippen molar-refractivity contribution in [1.29, 1.82) is 0 Å². The Morgan fingerprint density at radius 3 is 3.04 bits per heavy atom. The van der Waals surface area contributed by atoms with Gasteiger partial charge in [-0.1, -0.05) is 23.4 Å². The Bertz CT molecular complexity index is 824. The number of hydrogen-bond donors (Lipinski definition) is 1. The number of benzene rings is 1. The SMILES string of the molecule is C=CCNC(=O)COc1cccc(-c2noc(-c3ccco3)n2)c1. The van der Waals surface area contributed by atoms with Crippen LogP contribution in [0.25, 0.3) is 23.0 Å². The van der Waals surface area contributed by atoms with Crippen LogP contribution in [-0.2, 0) is 4.79 Å². The first-order chi connectivity index (χ1) is 11.8. The van der Waals surface area contributed by atoms with Crippen LogP contribution in [0, 0.1) is 0 Å². The molecule has 2 aromatic heterocycles. The second kappa shape index (κ2) is 7.28. The molecule has 0 radical (unpaired) electrons. The smallest absolute Gasteiger partial charge is 0.293 e. The molecule has 1 N–H and O–H groups in total. The first-order valence-electron chi connectivity index (χ1n) is 7.24. The highest BCUT2D eigenvalue weighted by atomic mass is 16.5. The molecule has 1 aromatic carbocycles. The second-order valence-electron chi connectivity index (χ2n) is 4.81. The highest BCUT2D eigenvalue weighted by Crippen LogP contribution is 2.25. The first kappa shape index (κ1) is 15.5. The molecule has 0 bridgehead atoms. The maximum Gasteiger partial charge on any atom is 0.293 e. The van der Waals surface area contributed by atoms with Crippen molar-refractivity contribution in [3.05, 3.63) is 55.3 Å². The molecule has 0 aliphatic rings. The van der Waals surface area contributed by atoms with Crippen LogP contribution in [-0.4, -0.2) is 29.2 Å². The van der Waals surface area contributed by atoms with Gasteiger partial charge in [0.25, 0.3) is 11.8 Å². The van der Waals surface area contributed by atoms with Gasteiger partial charge in [-0.05, 0) is 24.3 Å². The summed E-state index contributed by atoms with van der Waals surface area (Å²) in [6.45, 7) is 3.85. The van der Waals surface area contributed by atoms with Gasteiger partial charge >= 0.3 is 0 Å². The number of nitrogens with one attached hydrogen (secondary N) is 1. The number of carbonyl (C=O) groups is 1. The fourth-order valence-corrected chi connectivity index (χ4v) is 1.95. The van der Waals surface area contributed by atoms with E-state index < -0.39 is 0 Å². The van der Waals surface area contributed by atoms with Gasteiger partial charge in [-0.15, -0.1) is 6.58 Å². The minimum Gasteiger partial charge on any atom is -0.484 e. The van der Waals surface area contributed by atoms with Gasteiger partial charge in [0.05, 0.1) is 6.26 Å². The molecule has 122 valence electrons. The quantitative estimate of drug-likeness (QED) is 0.672. The molecule has 0 aliphatic heterocycles. The number of hydrogen-bond acceptors (Lipinski definition) is 6. The largest absolute Gasteiger partial charge is 0.484 e. The van der Waals surface area contributed by atoms with Crippen molar-refractivity contribution in [2.24, 2.45) is 0 Å². The maximum absolute atomic E-state index is 11.5. The third-order valence-electron chi connectivity index (χ3n) is 3.06. The second-order valence-corrected chi connectivity index (χ2v) is 4.81. The van der Waals surface area contributed by atoms with Crippen molar-refractivity contribution in [1.82, 2.24) is 15.5 Å². The van der Waals surface area contributed by atoms with Crippen molar-refractivity contribution in [2.75, 3.05) is 13.2 Å². The van der Waals surface area contributed by atoms with E-state index in [1.54, 1.807) is 36.4 Å². The van der Waals surface area contributed by atoms with Gasteiger partial charge in [-0.3, -0.25) is 4.79 Å². The van der Waals surface area contributed by atoms with Crippen LogP contribution in [0.5, 0.6) is 5.75 Å². The molecule has 7 nitrogen and oxygen atoms in total. The van der Waals surface area contributed by atoms with Gasteiger partial charge in [0.2, 0.25) is 5.82 Å². The molecular formula is C17H15N3O4. The molecule has 3 aromatic rings. The lowest BCUT2D eigenvalue weighted by molar-refractivity contribution is -0.122.